The number of carbonyl (C=O) groups is 1. The molecule has 0 aliphatic carbocycles. The van der Waals surface area contributed by atoms with Gasteiger partial charge < -0.3 is 14.9 Å². The first-order valence-electron chi connectivity index (χ1n) is 7.71. The van der Waals surface area contributed by atoms with E-state index in [1.807, 2.05) is 0 Å². The Labute approximate surface area is 126 Å². The van der Waals surface area contributed by atoms with Gasteiger partial charge in [0.05, 0.1) is 17.8 Å². The Hall–Kier alpha value is -1.55. The van der Waals surface area contributed by atoms with E-state index in [9.17, 15) is 9.90 Å². The molecule has 2 N–H and O–H groups in total. The van der Waals surface area contributed by atoms with Crippen LogP contribution >= 0.6 is 0 Å². The van der Waals surface area contributed by atoms with Gasteiger partial charge in [0.2, 0.25) is 0 Å². The summed E-state index contributed by atoms with van der Waals surface area (Å²) in [4.78, 5) is 11.0. The highest BCUT2D eigenvalue weighted by Gasteiger charge is 2.13. The Bertz CT molecular complexity index is 429. The predicted octanol–water partition coefficient (Wildman–Crippen LogP) is 3.87. The van der Waals surface area contributed by atoms with Crippen LogP contribution in [0.5, 0.6) is 5.75 Å². The molecule has 2 atom stereocenters. The normalized spacial score (nSPS) is 13.7. The molecular formula is C17H26O4. The molecular weight excluding hydrogens is 268 g/mol. The molecule has 1 aromatic rings. The minimum atomic E-state index is -0.952. The van der Waals surface area contributed by atoms with Gasteiger partial charge in [-0.3, -0.25) is 0 Å². The van der Waals surface area contributed by atoms with E-state index < -0.39 is 5.97 Å². The predicted molar refractivity (Wildman–Crippen MR) is 82.9 cm³/mol. The average Bonchev–Trinajstić information content (AvgIpc) is 2.45. The number of rotatable bonds is 10. The van der Waals surface area contributed by atoms with Gasteiger partial charge in [0.25, 0.3) is 0 Å². The summed E-state index contributed by atoms with van der Waals surface area (Å²) < 4.78 is 5.93. The van der Waals surface area contributed by atoms with Crippen LogP contribution in [-0.4, -0.2) is 28.4 Å². The zero-order valence-corrected chi connectivity index (χ0v) is 12.9. The molecule has 1 aromatic carbocycles. The highest BCUT2D eigenvalue weighted by atomic mass is 16.5. The van der Waals surface area contributed by atoms with E-state index in [0.29, 0.717) is 12.2 Å². The van der Waals surface area contributed by atoms with Crippen molar-refractivity contribution in [3.8, 4) is 5.75 Å². The number of aliphatic hydroxyl groups is 1. The fourth-order valence-electron chi connectivity index (χ4n) is 2.21. The lowest BCUT2D eigenvalue weighted by atomic mass is 10.0. The van der Waals surface area contributed by atoms with Gasteiger partial charge in [-0.15, -0.1) is 0 Å². The van der Waals surface area contributed by atoms with Gasteiger partial charge in [0.1, 0.15) is 5.75 Å². The van der Waals surface area contributed by atoms with Crippen LogP contribution in [-0.2, 0) is 0 Å². The number of carboxylic acids is 1. The molecule has 0 fully saturated rings. The van der Waals surface area contributed by atoms with Crippen molar-refractivity contribution < 1.29 is 19.7 Å². The van der Waals surface area contributed by atoms with E-state index in [4.69, 9.17) is 9.84 Å². The summed E-state index contributed by atoms with van der Waals surface area (Å²) >= 11 is 0. The smallest absolute Gasteiger partial charge is 0.335 e. The van der Waals surface area contributed by atoms with Crippen LogP contribution in [0.15, 0.2) is 24.3 Å². The highest BCUT2D eigenvalue weighted by molar-refractivity contribution is 5.87. The molecule has 118 valence electrons. The van der Waals surface area contributed by atoms with Gasteiger partial charge in [0.15, 0.2) is 0 Å². The molecule has 0 aliphatic heterocycles. The first-order valence-corrected chi connectivity index (χ1v) is 7.71. The van der Waals surface area contributed by atoms with Gasteiger partial charge in [-0.25, -0.2) is 4.79 Å². The molecule has 21 heavy (non-hydrogen) atoms. The van der Waals surface area contributed by atoms with E-state index in [0.717, 1.165) is 32.1 Å². The summed E-state index contributed by atoms with van der Waals surface area (Å²) in [6, 6.07) is 6.58. The fourth-order valence-corrected chi connectivity index (χ4v) is 2.21. The van der Waals surface area contributed by atoms with Crippen molar-refractivity contribution in [2.24, 2.45) is 0 Å². The van der Waals surface area contributed by atoms with Gasteiger partial charge in [-0.2, -0.15) is 0 Å². The summed E-state index contributed by atoms with van der Waals surface area (Å²) in [5.74, 6) is -0.367. The molecule has 0 aromatic heterocycles. The van der Waals surface area contributed by atoms with Crippen LogP contribution < -0.4 is 4.74 Å². The Balaban J connectivity index is 2.64. The van der Waals surface area contributed by atoms with E-state index in [1.165, 1.54) is 0 Å². The molecule has 1 rings (SSSR count). The standard InChI is InChI=1S/C17H26O4/c1-3-4-5-8-15(11-10-13(2)18)21-16-9-6-7-14(12-16)17(19)20/h6-7,9,12-13,15,18H,3-5,8,10-11H2,1-2H3,(H,19,20). The molecule has 0 radical (unpaired) electrons. The Morgan fingerprint density at radius 2 is 2.00 bits per heavy atom. The van der Waals surface area contributed by atoms with Crippen LogP contribution in [0.2, 0.25) is 0 Å². The quantitative estimate of drug-likeness (QED) is 0.643. The average molecular weight is 294 g/mol. The molecule has 0 spiro atoms. The monoisotopic (exact) mass is 294 g/mol. The van der Waals surface area contributed by atoms with Crippen molar-refractivity contribution in [1.82, 2.24) is 0 Å². The zero-order valence-electron chi connectivity index (χ0n) is 12.9. The number of aliphatic hydroxyl groups excluding tert-OH is 1. The van der Waals surface area contributed by atoms with Crippen LogP contribution in [0.25, 0.3) is 0 Å². The number of ether oxygens (including phenoxy) is 1. The van der Waals surface area contributed by atoms with Gasteiger partial charge in [-0.1, -0.05) is 25.8 Å². The van der Waals surface area contributed by atoms with Gasteiger partial charge >= 0.3 is 5.97 Å². The molecule has 0 heterocycles. The molecule has 4 nitrogen and oxygen atoms in total. The van der Waals surface area contributed by atoms with E-state index >= 15 is 0 Å². The minimum absolute atomic E-state index is 0.0233. The third kappa shape index (κ3) is 7.14. The van der Waals surface area contributed by atoms with Crippen molar-refractivity contribution in [3.05, 3.63) is 29.8 Å². The summed E-state index contributed by atoms with van der Waals surface area (Å²) in [7, 11) is 0. The maximum absolute atomic E-state index is 11.0. The number of hydrogen-bond donors (Lipinski definition) is 2. The number of benzene rings is 1. The Morgan fingerprint density at radius 1 is 1.24 bits per heavy atom. The van der Waals surface area contributed by atoms with Crippen molar-refractivity contribution in [2.45, 2.75) is 64.6 Å². The summed E-state index contributed by atoms with van der Waals surface area (Å²) in [6.07, 6.45) is 5.47. The molecule has 0 saturated heterocycles. The fraction of sp³-hybridized carbons (Fsp3) is 0.588. The first kappa shape index (κ1) is 17.5. The second-order valence-corrected chi connectivity index (χ2v) is 5.49. The van der Waals surface area contributed by atoms with E-state index in [1.54, 1.807) is 31.2 Å². The summed E-state index contributed by atoms with van der Waals surface area (Å²) in [6.45, 7) is 3.93. The second-order valence-electron chi connectivity index (χ2n) is 5.49. The van der Waals surface area contributed by atoms with Crippen molar-refractivity contribution >= 4 is 5.97 Å². The number of aromatic carboxylic acids is 1. The molecule has 0 saturated carbocycles. The van der Waals surface area contributed by atoms with Crippen molar-refractivity contribution in [1.29, 1.82) is 0 Å². The molecule has 4 heteroatoms. The summed E-state index contributed by atoms with van der Waals surface area (Å²) in [5.41, 5.74) is 0.232. The highest BCUT2D eigenvalue weighted by Crippen LogP contribution is 2.20. The topological polar surface area (TPSA) is 66.8 Å². The van der Waals surface area contributed by atoms with Gasteiger partial charge in [-0.05, 0) is 50.8 Å². The minimum Gasteiger partial charge on any atom is -0.490 e. The molecule has 0 amide bonds. The lowest BCUT2D eigenvalue weighted by Gasteiger charge is -2.20. The lowest BCUT2D eigenvalue weighted by molar-refractivity contribution is 0.0695. The zero-order chi connectivity index (χ0) is 15.7. The maximum Gasteiger partial charge on any atom is 0.335 e. The molecule has 0 aliphatic rings. The second kappa shape index (κ2) is 9.40. The van der Waals surface area contributed by atoms with Crippen LogP contribution in [0.1, 0.15) is 62.7 Å². The third-order valence-electron chi connectivity index (χ3n) is 3.42. The van der Waals surface area contributed by atoms with E-state index in [-0.39, 0.29) is 17.8 Å². The van der Waals surface area contributed by atoms with Gasteiger partial charge in [0, 0.05) is 0 Å². The van der Waals surface area contributed by atoms with E-state index in [2.05, 4.69) is 6.92 Å². The first-order chi connectivity index (χ1) is 10.0. The SMILES string of the molecule is CCCCCC(CCC(C)O)Oc1cccc(C(=O)O)c1. The van der Waals surface area contributed by atoms with Crippen LogP contribution in [0.4, 0.5) is 0 Å². The lowest BCUT2D eigenvalue weighted by Crippen LogP contribution is -2.19. The van der Waals surface area contributed by atoms with Crippen LogP contribution in [0, 0.1) is 0 Å². The third-order valence-corrected chi connectivity index (χ3v) is 3.42. The molecule has 2 unspecified atom stereocenters. The van der Waals surface area contributed by atoms with Crippen LogP contribution in [0.3, 0.4) is 0 Å². The molecule has 0 bridgehead atoms. The maximum atomic E-state index is 11.0. The van der Waals surface area contributed by atoms with Crippen molar-refractivity contribution in [2.75, 3.05) is 0 Å². The number of hydrogen-bond acceptors (Lipinski definition) is 3. The van der Waals surface area contributed by atoms with Crippen molar-refractivity contribution in [3.63, 3.8) is 0 Å². The number of unbranched alkanes of at least 4 members (excludes halogenated alkanes) is 2. The largest absolute Gasteiger partial charge is 0.490 e. The summed E-state index contributed by atoms with van der Waals surface area (Å²) in [5, 5.41) is 18.4. The number of carboxylic acid groups (broad SMARTS) is 1. The Kier molecular flexibility index (Phi) is 7.83. The Morgan fingerprint density at radius 3 is 2.62 bits per heavy atom.